The summed E-state index contributed by atoms with van der Waals surface area (Å²) in [5, 5.41) is 15.6. The number of benzene rings is 2. The van der Waals surface area contributed by atoms with E-state index in [1.54, 1.807) is 18.2 Å². The number of pyridine rings is 1. The standard InChI is InChI=1S/C24H20Cl2FN5O2/c25-16-5-9-20-14(11-16)4-10-21(29-20)30-24(33)28-17-6-1-13(2-7-17)22-31-32-23(34-22)15-3-8-18(26)19(27)12-15/h3-5,8-13,17H,1-2,6-7H2,(H2,28,29,30,33). The molecule has 0 spiro atoms. The quantitative estimate of drug-likeness (QED) is 0.330. The van der Waals surface area contributed by atoms with E-state index in [9.17, 15) is 9.18 Å². The molecule has 1 aliphatic rings. The average molecular weight is 500 g/mol. The van der Waals surface area contributed by atoms with E-state index >= 15 is 0 Å². The van der Waals surface area contributed by atoms with E-state index in [1.165, 1.54) is 12.1 Å². The van der Waals surface area contributed by atoms with Gasteiger partial charge in [0.2, 0.25) is 11.8 Å². The molecule has 2 aromatic heterocycles. The molecule has 1 aliphatic carbocycles. The van der Waals surface area contributed by atoms with Gasteiger partial charge >= 0.3 is 6.03 Å². The number of anilines is 1. The number of aromatic nitrogens is 3. The summed E-state index contributed by atoms with van der Waals surface area (Å²) < 4.78 is 19.5. The molecule has 0 bridgehead atoms. The maximum absolute atomic E-state index is 13.7. The third-order valence-corrected chi connectivity index (χ3v) is 6.45. The second-order valence-electron chi connectivity index (χ2n) is 8.25. The molecular formula is C24H20Cl2FN5O2. The lowest BCUT2D eigenvalue weighted by atomic mass is 9.86. The fraction of sp³-hybridized carbons (Fsp3) is 0.250. The Morgan fingerprint density at radius 1 is 1.00 bits per heavy atom. The molecule has 10 heteroatoms. The van der Waals surface area contributed by atoms with Gasteiger partial charge in [0.05, 0.1) is 10.5 Å². The van der Waals surface area contributed by atoms with Crippen molar-refractivity contribution in [2.45, 2.75) is 37.6 Å². The fourth-order valence-electron chi connectivity index (χ4n) is 4.13. The number of hydrogen-bond acceptors (Lipinski definition) is 5. The molecule has 4 aromatic rings. The molecule has 34 heavy (non-hydrogen) atoms. The predicted molar refractivity (Wildman–Crippen MR) is 129 cm³/mol. The SMILES string of the molecule is O=C(Nc1ccc2cc(Cl)ccc2n1)NC1CCC(c2nnc(-c3ccc(Cl)c(F)c3)o2)CC1. The van der Waals surface area contributed by atoms with Crippen LogP contribution in [-0.2, 0) is 0 Å². The van der Waals surface area contributed by atoms with Crippen LogP contribution in [0, 0.1) is 5.82 Å². The van der Waals surface area contributed by atoms with Crippen molar-refractivity contribution >= 4 is 46.0 Å². The molecule has 1 saturated carbocycles. The lowest BCUT2D eigenvalue weighted by molar-refractivity contribution is 0.240. The van der Waals surface area contributed by atoms with Gasteiger partial charge in [-0.25, -0.2) is 14.2 Å². The first-order valence-electron chi connectivity index (χ1n) is 10.9. The van der Waals surface area contributed by atoms with Gasteiger partial charge in [0, 0.05) is 27.9 Å². The summed E-state index contributed by atoms with van der Waals surface area (Å²) in [7, 11) is 0. The van der Waals surface area contributed by atoms with Gasteiger partial charge in [-0.05, 0) is 74.2 Å². The molecule has 2 aromatic carbocycles. The Kier molecular flexibility index (Phi) is 6.34. The number of hydrogen-bond donors (Lipinski definition) is 2. The normalized spacial score (nSPS) is 18.1. The third-order valence-electron chi connectivity index (χ3n) is 5.91. The van der Waals surface area contributed by atoms with Crippen LogP contribution >= 0.6 is 23.2 Å². The fourth-order valence-corrected chi connectivity index (χ4v) is 4.43. The second-order valence-corrected chi connectivity index (χ2v) is 9.10. The summed E-state index contributed by atoms with van der Waals surface area (Å²) in [5.74, 6) is 0.808. The van der Waals surface area contributed by atoms with E-state index in [1.807, 2.05) is 18.2 Å². The lowest BCUT2D eigenvalue weighted by Gasteiger charge is -2.27. The van der Waals surface area contributed by atoms with Crippen LogP contribution in [0.3, 0.4) is 0 Å². The number of amides is 2. The highest BCUT2D eigenvalue weighted by molar-refractivity contribution is 6.31. The molecule has 0 saturated heterocycles. The van der Waals surface area contributed by atoms with Gasteiger partial charge in [-0.3, -0.25) is 5.32 Å². The van der Waals surface area contributed by atoms with Gasteiger partial charge in [-0.1, -0.05) is 23.2 Å². The van der Waals surface area contributed by atoms with Crippen molar-refractivity contribution in [1.82, 2.24) is 20.5 Å². The Morgan fingerprint density at radius 2 is 1.82 bits per heavy atom. The first-order chi connectivity index (χ1) is 16.4. The van der Waals surface area contributed by atoms with Crippen molar-refractivity contribution in [1.29, 1.82) is 0 Å². The number of carbonyl (C=O) groups excluding carboxylic acids is 1. The maximum Gasteiger partial charge on any atom is 0.320 e. The molecule has 0 radical (unpaired) electrons. The van der Waals surface area contributed by atoms with E-state index in [2.05, 4.69) is 25.8 Å². The van der Waals surface area contributed by atoms with Gasteiger partial charge in [0.25, 0.3) is 0 Å². The highest BCUT2D eigenvalue weighted by Crippen LogP contribution is 2.34. The maximum atomic E-state index is 13.7. The minimum absolute atomic E-state index is 0.0308. The smallest absolute Gasteiger partial charge is 0.320 e. The number of fused-ring (bicyclic) bond motifs is 1. The Morgan fingerprint density at radius 3 is 2.62 bits per heavy atom. The Bertz CT molecular complexity index is 1350. The predicted octanol–water partition coefficient (Wildman–Crippen LogP) is 6.58. The zero-order valence-corrected chi connectivity index (χ0v) is 19.4. The number of nitrogens with one attached hydrogen (secondary N) is 2. The number of carbonyl (C=O) groups is 1. The molecule has 0 unspecified atom stereocenters. The van der Waals surface area contributed by atoms with Crippen molar-refractivity contribution in [2.24, 2.45) is 0 Å². The number of halogens is 3. The number of urea groups is 1. The first kappa shape index (κ1) is 22.6. The van der Waals surface area contributed by atoms with Gasteiger partial charge in [0.15, 0.2) is 0 Å². The zero-order valence-electron chi connectivity index (χ0n) is 17.9. The van der Waals surface area contributed by atoms with E-state index in [4.69, 9.17) is 27.6 Å². The molecule has 5 rings (SSSR count). The van der Waals surface area contributed by atoms with Crippen LogP contribution in [0.4, 0.5) is 15.0 Å². The minimum atomic E-state index is -0.535. The van der Waals surface area contributed by atoms with E-state index in [0.29, 0.717) is 22.3 Å². The van der Waals surface area contributed by atoms with Gasteiger partial charge in [-0.15, -0.1) is 10.2 Å². The molecule has 0 atom stereocenters. The van der Waals surface area contributed by atoms with Crippen LogP contribution in [0.15, 0.2) is 52.9 Å². The van der Waals surface area contributed by atoms with Crippen LogP contribution in [0.5, 0.6) is 0 Å². The summed E-state index contributed by atoms with van der Waals surface area (Å²) >= 11 is 11.7. The highest BCUT2D eigenvalue weighted by atomic mass is 35.5. The molecule has 174 valence electrons. The minimum Gasteiger partial charge on any atom is -0.420 e. The van der Waals surface area contributed by atoms with Crippen molar-refractivity contribution in [2.75, 3.05) is 5.32 Å². The molecule has 2 amide bonds. The summed E-state index contributed by atoms with van der Waals surface area (Å²) in [4.78, 5) is 16.9. The first-order valence-corrected chi connectivity index (χ1v) is 11.6. The van der Waals surface area contributed by atoms with Crippen LogP contribution in [0.1, 0.15) is 37.5 Å². The summed E-state index contributed by atoms with van der Waals surface area (Å²) in [6, 6.07) is 13.1. The number of rotatable bonds is 4. The summed E-state index contributed by atoms with van der Waals surface area (Å²) in [6.07, 6.45) is 3.12. The Labute approximate surface area is 204 Å². The van der Waals surface area contributed by atoms with Crippen molar-refractivity contribution in [3.05, 3.63) is 70.3 Å². The Balaban J connectivity index is 1.15. The largest absolute Gasteiger partial charge is 0.420 e. The van der Waals surface area contributed by atoms with E-state index < -0.39 is 5.82 Å². The molecule has 2 heterocycles. The zero-order chi connectivity index (χ0) is 23.7. The van der Waals surface area contributed by atoms with Crippen LogP contribution in [0.25, 0.3) is 22.4 Å². The number of nitrogens with zero attached hydrogens (tertiary/aromatic N) is 3. The molecule has 0 aliphatic heterocycles. The van der Waals surface area contributed by atoms with E-state index in [0.717, 1.165) is 36.6 Å². The molecule has 1 fully saturated rings. The van der Waals surface area contributed by atoms with Crippen molar-refractivity contribution < 1.29 is 13.6 Å². The van der Waals surface area contributed by atoms with E-state index in [-0.39, 0.29) is 28.9 Å². The average Bonchev–Trinajstić information content (AvgIpc) is 3.32. The molecule has 7 nitrogen and oxygen atoms in total. The monoisotopic (exact) mass is 499 g/mol. The third kappa shape index (κ3) is 4.98. The summed E-state index contributed by atoms with van der Waals surface area (Å²) in [6.45, 7) is 0. The summed E-state index contributed by atoms with van der Waals surface area (Å²) in [5.41, 5.74) is 1.24. The van der Waals surface area contributed by atoms with Gasteiger partial charge in [0.1, 0.15) is 11.6 Å². The van der Waals surface area contributed by atoms with Crippen LogP contribution in [0.2, 0.25) is 10.0 Å². The van der Waals surface area contributed by atoms with Crippen molar-refractivity contribution in [3.8, 4) is 11.5 Å². The van der Waals surface area contributed by atoms with Gasteiger partial charge in [-0.2, -0.15) is 0 Å². The second kappa shape index (κ2) is 9.56. The topological polar surface area (TPSA) is 92.9 Å². The lowest BCUT2D eigenvalue weighted by Crippen LogP contribution is -2.40. The van der Waals surface area contributed by atoms with Crippen molar-refractivity contribution in [3.63, 3.8) is 0 Å². The van der Waals surface area contributed by atoms with Crippen LogP contribution < -0.4 is 10.6 Å². The molecule has 2 N–H and O–H groups in total. The Hall–Kier alpha value is -3.23. The van der Waals surface area contributed by atoms with Crippen LogP contribution in [-0.4, -0.2) is 27.3 Å². The van der Waals surface area contributed by atoms with Gasteiger partial charge < -0.3 is 9.73 Å². The highest BCUT2D eigenvalue weighted by Gasteiger charge is 2.27. The molecular weight excluding hydrogens is 480 g/mol.